The molecule has 3 aromatic rings. The minimum Gasteiger partial charge on any atom is -0.494 e. The van der Waals surface area contributed by atoms with Crippen LogP contribution in [0, 0.1) is 5.92 Å². The van der Waals surface area contributed by atoms with E-state index in [0.717, 1.165) is 41.9 Å². The summed E-state index contributed by atoms with van der Waals surface area (Å²) in [6.45, 7) is 7.46. The summed E-state index contributed by atoms with van der Waals surface area (Å²) in [7, 11) is 0. The number of hydrogen-bond acceptors (Lipinski definition) is 5. The maximum absolute atomic E-state index is 12.3. The van der Waals surface area contributed by atoms with Crippen molar-refractivity contribution in [1.29, 1.82) is 0 Å². The van der Waals surface area contributed by atoms with Crippen molar-refractivity contribution < 1.29 is 14.3 Å². The molecule has 0 N–H and O–H groups in total. The van der Waals surface area contributed by atoms with Gasteiger partial charge in [0.1, 0.15) is 11.5 Å². The van der Waals surface area contributed by atoms with Crippen LogP contribution in [0.3, 0.4) is 0 Å². The first-order valence-electron chi connectivity index (χ1n) is 16.0. The van der Waals surface area contributed by atoms with Crippen LogP contribution in [0.4, 0.5) is 0 Å². The molecular weight excluding hydrogens is 508 g/mol. The number of hydrogen-bond donors (Lipinski definition) is 0. The highest BCUT2D eigenvalue weighted by Crippen LogP contribution is 2.25. The van der Waals surface area contributed by atoms with E-state index in [1.807, 2.05) is 60.9 Å². The van der Waals surface area contributed by atoms with Crippen LogP contribution in [0.25, 0.3) is 22.5 Å². The third-order valence-electron chi connectivity index (χ3n) is 7.59. The summed E-state index contributed by atoms with van der Waals surface area (Å²) < 4.78 is 11.5. The Morgan fingerprint density at radius 3 is 1.88 bits per heavy atom. The van der Waals surface area contributed by atoms with Gasteiger partial charge in [0.05, 0.1) is 6.61 Å². The molecule has 0 spiro atoms. The number of ether oxygens (including phenoxy) is 2. The second kappa shape index (κ2) is 19.0. The number of esters is 1. The van der Waals surface area contributed by atoms with Gasteiger partial charge in [-0.2, -0.15) is 0 Å². The summed E-state index contributed by atoms with van der Waals surface area (Å²) in [5, 5.41) is 0. The predicted molar refractivity (Wildman–Crippen MR) is 169 cm³/mol. The summed E-state index contributed by atoms with van der Waals surface area (Å²) in [4.78, 5) is 21.5. The Kier molecular flexibility index (Phi) is 15.0. The first-order valence-corrected chi connectivity index (χ1v) is 16.0. The number of aromatic nitrogens is 2. The number of benzene rings is 2. The van der Waals surface area contributed by atoms with Gasteiger partial charge in [-0.05, 0) is 60.7 Å². The van der Waals surface area contributed by atoms with Crippen LogP contribution in [0.5, 0.6) is 11.5 Å². The molecule has 1 unspecified atom stereocenters. The lowest BCUT2D eigenvalue weighted by Gasteiger charge is -2.11. The van der Waals surface area contributed by atoms with Crippen molar-refractivity contribution in [3.05, 3.63) is 60.9 Å². The first kappa shape index (κ1) is 32.3. The van der Waals surface area contributed by atoms with Gasteiger partial charge in [-0.15, -0.1) is 0 Å². The molecule has 1 heterocycles. The molecule has 1 aromatic heterocycles. The molecule has 5 heteroatoms. The second-order valence-electron chi connectivity index (χ2n) is 11.3. The predicted octanol–water partition coefficient (Wildman–Crippen LogP) is 10.2. The van der Waals surface area contributed by atoms with Crippen molar-refractivity contribution in [2.45, 2.75) is 111 Å². The van der Waals surface area contributed by atoms with Crippen molar-refractivity contribution in [3.8, 4) is 34.0 Å². The van der Waals surface area contributed by atoms with Gasteiger partial charge in [-0.25, -0.2) is 9.97 Å². The molecule has 0 aliphatic carbocycles. The molecule has 0 saturated heterocycles. The van der Waals surface area contributed by atoms with Crippen LogP contribution in [0.15, 0.2) is 60.9 Å². The first-order chi connectivity index (χ1) is 20.1. The maximum Gasteiger partial charge on any atom is 0.311 e. The Labute approximate surface area is 248 Å². The van der Waals surface area contributed by atoms with E-state index >= 15 is 0 Å². The van der Waals surface area contributed by atoms with Crippen molar-refractivity contribution >= 4 is 5.97 Å². The highest BCUT2D eigenvalue weighted by atomic mass is 16.5. The smallest absolute Gasteiger partial charge is 0.311 e. The Hall–Kier alpha value is -3.21. The summed E-state index contributed by atoms with van der Waals surface area (Å²) in [6, 6.07) is 15.5. The van der Waals surface area contributed by atoms with Crippen molar-refractivity contribution in [3.63, 3.8) is 0 Å². The summed E-state index contributed by atoms with van der Waals surface area (Å²) >= 11 is 0. The Morgan fingerprint density at radius 2 is 1.22 bits per heavy atom. The number of unbranched alkanes of at least 4 members (excludes halogenated alkanes) is 9. The molecule has 41 heavy (non-hydrogen) atoms. The summed E-state index contributed by atoms with van der Waals surface area (Å²) in [5.41, 5.74) is 2.85. The molecule has 0 bridgehead atoms. The normalized spacial score (nSPS) is 11.8. The van der Waals surface area contributed by atoms with Gasteiger partial charge in [-0.3, -0.25) is 4.79 Å². The lowest BCUT2D eigenvalue weighted by Crippen LogP contribution is -2.09. The quantitative estimate of drug-likeness (QED) is 0.0784. The van der Waals surface area contributed by atoms with Gasteiger partial charge in [0, 0.05) is 29.9 Å². The fourth-order valence-electron chi connectivity index (χ4n) is 4.90. The number of rotatable bonds is 20. The third-order valence-corrected chi connectivity index (χ3v) is 7.59. The molecule has 0 radical (unpaired) electrons. The molecule has 3 rings (SSSR count). The molecule has 0 amide bonds. The molecule has 0 aliphatic rings. The molecule has 222 valence electrons. The average molecular weight is 559 g/mol. The largest absolute Gasteiger partial charge is 0.494 e. The minimum atomic E-state index is -0.167. The van der Waals surface area contributed by atoms with E-state index in [9.17, 15) is 4.79 Å². The van der Waals surface area contributed by atoms with Gasteiger partial charge in [-0.1, -0.05) is 104 Å². The molecular formula is C36H50N2O3. The van der Waals surface area contributed by atoms with Crippen molar-refractivity contribution in [1.82, 2.24) is 9.97 Å². The molecule has 0 saturated carbocycles. The second-order valence-corrected chi connectivity index (χ2v) is 11.3. The third kappa shape index (κ3) is 12.5. The van der Waals surface area contributed by atoms with E-state index in [1.165, 1.54) is 70.6 Å². The number of nitrogens with zero attached hydrogens (tertiary/aromatic N) is 2. The lowest BCUT2D eigenvalue weighted by molar-refractivity contribution is -0.134. The lowest BCUT2D eigenvalue weighted by atomic mass is 9.98. The van der Waals surface area contributed by atoms with E-state index < -0.39 is 0 Å². The zero-order chi connectivity index (χ0) is 29.1. The molecule has 2 aromatic carbocycles. The van der Waals surface area contributed by atoms with Crippen LogP contribution in [-0.4, -0.2) is 22.5 Å². The van der Waals surface area contributed by atoms with E-state index in [4.69, 9.17) is 9.47 Å². The Morgan fingerprint density at radius 1 is 0.659 bits per heavy atom. The fraction of sp³-hybridized carbons (Fsp3) is 0.528. The number of carbonyl (C=O) groups is 1. The van der Waals surface area contributed by atoms with Gasteiger partial charge in [0.2, 0.25) is 0 Å². The Balaban J connectivity index is 1.40. The standard InChI is InChI=1S/C36H50N2O3/c1-4-6-8-10-11-12-14-26-40-33-21-19-31(20-22-33)36-37-27-32(28-38-36)30-17-23-34(24-18-30)41-35(39)25-16-29(3)15-13-9-7-5-2/h17-24,27-29H,4-16,25-26H2,1-3H3. The molecule has 1 atom stereocenters. The van der Waals surface area contributed by atoms with E-state index in [0.29, 0.717) is 23.9 Å². The van der Waals surface area contributed by atoms with Crippen LogP contribution < -0.4 is 9.47 Å². The Bertz CT molecular complexity index is 1110. The van der Waals surface area contributed by atoms with Gasteiger partial charge in [0.25, 0.3) is 0 Å². The zero-order valence-electron chi connectivity index (χ0n) is 25.6. The molecule has 5 nitrogen and oxygen atoms in total. The SMILES string of the molecule is CCCCCCCCCOc1ccc(-c2ncc(-c3ccc(OC(=O)CCC(C)CCCCCC)cc3)cn2)cc1. The van der Waals surface area contributed by atoms with E-state index in [1.54, 1.807) is 0 Å². The fourth-order valence-corrected chi connectivity index (χ4v) is 4.90. The van der Waals surface area contributed by atoms with Crippen LogP contribution >= 0.6 is 0 Å². The van der Waals surface area contributed by atoms with Gasteiger partial charge < -0.3 is 9.47 Å². The zero-order valence-corrected chi connectivity index (χ0v) is 25.6. The van der Waals surface area contributed by atoms with E-state index in [2.05, 4.69) is 30.7 Å². The highest BCUT2D eigenvalue weighted by Gasteiger charge is 2.10. The van der Waals surface area contributed by atoms with Crippen LogP contribution in [0.2, 0.25) is 0 Å². The van der Waals surface area contributed by atoms with Crippen molar-refractivity contribution in [2.75, 3.05) is 6.61 Å². The number of carbonyl (C=O) groups excluding carboxylic acids is 1. The van der Waals surface area contributed by atoms with Gasteiger partial charge >= 0.3 is 5.97 Å². The van der Waals surface area contributed by atoms with Crippen molar-refractivity contribution in [2.24, 2.45) is 5.92 Å². The molecule has 0 aliphatic heterocycles. The highest BCUT2D eigenvalue weighted by molar-refractivity contribution is 5.73. The average Bonchev–Trinajstić information content (AvgIpc) is 3.00. The van der Waals surface area contributed by atoms with Crippen LogP contribution in [-0.2, 0) is 4.79 Å². The maximum atomic E-state index is 12.3. The summed E-state index contributed by atoms with van der Waals surface area (Å²) in [6.07, 6.45) is 20.2. The summed E-state index contributed by atoms with van der Waals surface area (Å²) in [5.74, 6) is 2.52. The van der Waals surface area contributed by atoms with Crippen LogP contribution in [0.1, 0.15) is 111 Å². The molecule has 0 fully saturated rings. The topological polar surface area (TPSA) is 61.3 Å². The van der Waals surface area contributed by atoms with Gasteiger partial charge in [0.15, 0.2) is 5.82 Å². The minimum absolute atomic E-state index is 0.167. The monoisotopic (exact) mass is 558 g/mol. The van der Waals surface area contributed by atoms with E-state index in [-0.39, 0.29) is 5.97 Å².